The second kappa shape index (κ2) is 11.6. The zero-order chi connectivity index (χ0) is 24.7. The van der Waals surface area contributed by atoms with Gasteiger partial charge in [0.2, 0.25) is 0 Å². The van der Waals surface area contributed by atoms with Crippen LogP contribution in [0.2, 0.25) is 5.02 Å². The maximum absolute atomic E-state index is 6.61. The lowest BCUT2D eigenvalue weighted by atomic mass is 10.0. The van der Waals surface area contributed by atoms with Gasteiger partial charge in [-0.1, -0.05) is 116 Å². The van der Waals surface area contributed by atoms with E-state index in [0.29, 0.717) is 0 Å². The minimum Gasteiger partial charge on any atom is -0.327 e. The van der Waals surface area contributed by atoms with Gasteiger partial charge in [-0.25, -0.2) is 4.98 Å². The molecule has 1 heterocycles. The van der Waals surface area contributed by atoms with Crippen molar-refractivity contribution in [2.24, 2.45) is 0 Å². The molecule has 4 heteroatoms. The molecule has 5 rings (SSSR count). The summed E-state index contributed by atoms with van der Waals surface area (Å²) in [4.78, 5) is 7.37. The number of rotatable bonds is 10. The highest BCUT2D eigenvalue weighted by atomic mass is 35.5. The molecule has 1 aromatic heterocycles. The molecular weight excluding hydrogens is 462 g/mol. The summed E-state index contributed by atoms with van der Waals surface area (Å²) in [5.74, 6) is 1.04. The van der Waals surface area contributed by atoms with Crippen LogP contribution in [0.1, 0.15) is 36.6 Å². The fraction of sp³-hybridized carbons (Fsp3) is 0.219. The van der Waals surface area contributed by atoms with Gasteiger partial charge in [-0.05, 0) is 34.4 Å². The van der Waals surface area contributed by atoms with Crippen molar-refractivity contribution in [3.05, 3.63) is 125 Å². The zero-order valence-corrected chi connectivity index (χ0v) is 21.5. The van der Waals surface area contributed by atoms with Crippen molar-refractivity contribution in [1.29, 1.82) is 0 Å². The Hall–Kier alpha value is -3.40. The minimum absolute atomic E-state index is 0.766. The third kappa shape index (κ3) is 5.53. The summed E-state index contributed by atoms with van der Waals surface area (Å²) >= 11 is 6.61. The van der Waals surface area contributed by atoms with E-state index < -0.39 is 0 Å². The van der Waals surface area contributed by atoms with Gasteiger partial charge >= 0.3 is 0 Å². The van der Waals surface area contributed by atoms with Crippen molar-refractivity contribution >= 4 is 22.4 Å². The molecule has 0 bridgehead atoms. The van der Waals surface area contributed by atoms with Gasteiger partial charge in [0.15, 0.2) is 0 Å². The van der Waals surface area contributed by atoms with Gasteiger partial charge in [0.05, 0.1) is 11.9 Å². The van der Waals surface area contributed by atoms with E-state index in [4.69, 9.17) is 16.6 Å². The van der Waals surface area contributed by atoms with E-state index in [1.807, 2.05) is 12.1 Å². The third-order valence-corrected chi connectivity index (χ3v) is 7.09. The van der Waals surface area contributed by atoms with E-state index in [1.54, 1.807) is 0 Å². The lowest BCUT2D eigenvalue weighted by Crippen LogP contribution is -2.24. The van der Waals surface area contributed by atoms with E-state index in [2.05, 4.69) is 108 Å². The van der Waals surface area contributed by atoms with Gasteiger partial charge in [0, 0.05) is 36.8 Å². The molecule has 0 saturated carbocycles. The molecule has 36 heavy (non-hydrogen) atoms. The number of imidazole rings is 1. The highest BCUT2D eigenvalue weighted by Gasteiger charge is 2.17. The third-order valence-electron chi connectivity index (χ3n) is 6.72. The van der Waals surface area contributed by atoms with Gasteiger partial charge in [-0.15, -0.1) is 0 Å². The summed E-state index contributed by atoms with van der Waals surface area (Å²) in [6.45, 7) is 5.58. The highest BCUT2D eigenvalue weighted by Crippen LogP contribution is 2.26. The molecule has 0 aliphatic rings. The average Bonchev–Trinajstić information content (AvgIpc) is 3.31. The molecule has 0 radical (unpaired) electrons. The lowest BCUT2D eigenvalue weighted by Gasteiger charge is -2.25. The average molecular weight is 494 g/mol. The van der Waals surface area contributed by atoms with Crippen molar-refractivity contribution in [2.75, 3.05) is 0 Å². The van der Waals surface area contributed by atoms with Crippen LogP contribution in [0.15, 0.2) is 103 Å². The normalized spacial score (nSPS) is 11.4. The summed E-state index contributed by atoms with van der Waals surface area (Å²) in [5, 5.41) is 3.38. The number of unbranched alkanes of at least 4 members (excludes halogenated alkanes) is 1. The van der Waals surface area contributed by atoms with Crippen LogP contribution in [0.3, 0.4) is 0 Å². The molecule has 0 fully saturated rings. The Balaban J connectivity index is 1.51. The topological polar surface area (TPSA) is 21.1 Å². The first-order valence-electron chi connectivity index (χ1n) is 12.7. The predicted molar refractivity (Wildman–Crippen MR) is 151 cm³/mol. The SMILES string of the molecule is CCCCn1c(CN(Cc2ccccc2Cl)Cc2cccc3ccccc23)cnc1-c1ccccc1. The van der Waals surface area contributed by atoms with Crippen LogP contribution in [0.5, 0.6) is 0 Å². The standard InChI is InChI=1S/C32H32ClN3/c1-2-3-20-36-29(21-34-32(36)26-13-5-4-6-14-26)24-35(23-28-15-8-10-19-31(28)33)22-27-17-11-16-25-12-7-9-18-30(25)27/h4-19,21H,2-3,20,22-24H2,1H3. The van der Waals surface area contributed by atoms with Crippen LogP contribution in [-0.4, -0.2) is 14.5 Å². The molecule has 0 N–H and O–H groups in total. The number of benzene rings is 4. The van der Waals surface area contributed by atoms with E-state index in [1.165, 1.54) is 22.0 Å². The van der Waals surface area contributed by atoms with Crippen molar-refractivity contribution < 1.29 is 0 Å². The van der Waals surface area contributed by atoms with Crippen LogP contribution >= 0.6 is 11.6 Å². The molecule has 0 aliphatic heterocycles. The number of hydrogen-bond acceptors (Lipinski definition) is 2. The second-order valence-corrected chi connectivity index (χ2v) is 9.73. The van der Waals surface area contributed by atoms with Gasteiger partial charge in [0.25, 0.3) is 0 Å². The number of aromatic nitrogens is 2. The first-order valence-corrected chi connectivity index (χ1v) is 13.1. The number of fused-ring (bicyclic) bond motifs is 1. The maximum atomic E-state index is 6.61. The first kappa shape index (κ1) is 24.3. The van der Waals surface area contributed by atoms with Crippen LogP contribution in [0.25, 0.3) is 22.2 Å². The summed E-state index contributed by atoms with van der Waals surface area (Å²) in [6, 6.07) is 33.9. The fourth-order valence-electron chi connectivity index (χ4n) is 4.86. The zero-order valence-electron chi connectivity index (χ0n) is 20.8. The van der Waals surface area contributed by atoms with E-state index in [0.717, 1.165) is 61.0 Å². The van der Waals surface area contributed by atoms with Gasteiger partial charge in [0.1, 0.15) is 5.82 Å². The molecule has 0 amide bonds. The van der Waals surface area contributed by atoms with Crippen molar-refractivity contribution in [1.82, 2.24) is 14.5 Å². The van der Waals surface area contributed by atoms with E-state index in [-0.39, 0.29) is 0 Å². The molecule has 3 nitrogen and oxygen atoms in total. The molecule has 182 valence electrons. The number of halogens is 1. The largest absolute Gasteiger partial charge is 0.327 e. The van der Waals surface area contributed by atoms with Crippen molar-refractivity contribution in [3.63, 3.8) is 0 Å². The van der Waals surface area contributed by atoms with Crippen LogP contribution in [0.4, 0.5) is 0 Å². The molecule has 4 aromatic carbocycles. The van der Waals surface area contributed by atoms with Crippen LogP contribution in [-0.2, 0) is 26.2 Å². The Bertz CT molecular complexity index is 1420. The molecule has 0 aliphatic carbocycles. The quantitative estimate of drug-likeness (QED) is 0.195. The summed E-state index contributed by atoms with van der Waals surface area (Å²) in [7, 11) is 0. The van der Waals surface area contributed by atoms with Gasteiger partial charge < -0.3 is 4.57 Å². The monoisotopic (exact) mass is 493 g/mol. The fourth-order valence-corrected chi connectivity index (χ4v) is 5.05. The summed E-state index contributed by atoms with van der Waals surface area (Å²) < 4.78 is 2.40. The molecule has 0 atom stereocenters. The number of nitrogens with zero attached hydrogens (tertiary/aromatic N) is 3. The Morgan fingerprint density at radius 3 is 2.28 bits per heavy atom. The van der Waals surface area contributed by atoms with Gasteiger partial charge in [-0.2, -0.15) is 0 Å². The van der Waals surface area contributed by atoms with E-state index in [9.17, 15) is 0 Å². The molecule has 0 spiro atoms. The minimum atomic E-state index is 0.766. The Kier molecular flexibility index (Phi) is 7.80. The van der Waals surface area contributed by atoms with Crippen molar-refractivity contribution in [3.8, 4) is 11.4 Å². The molecule has 0 saturated heterocycles. The summed E-state index contributed by atoms with van der Waals surface area (Å²) in [6.07, 6.45) is 4.32. The molecule has 5 aromatic rings. The molecular formula is C32H32ClN3. The van der Waals surface area contributed by atoms with Crippen LogP contribution in [0, 0.1) is 0 Å². The summed E-state index contributed by atoms with van der Waals surface area (Å²) in [5.41, 5.74) is 4.85. The van der Waals surface area contributed by atoms with Crippen LogP contribution < -0.4 is 0 Å². The van der Waals surface area contributed by atoms with E-state index >= 15 is 0 Å². The Labute approximate surface area is 219 Å². The molecule has 0 unspecified atom stereocenters. The van der Waals surface area contributed by atoms with Gasteiger partial charge in [-0.3, -0.25) is 4.90 Å². The first-order chi connectivity index (χ1) is 17.7. The highest BCUT2D eigenvalue weighted by molar-refractivity contribution is 6.31. The lowest BCUT2D eigenvalue weighted by molar-refractivity contribution is 0.242. The Morgan fingerprint density at radius 2 is 1.44 bits per heavy atom. The second-order valence-electron chi connectivity index (χ2n) is 9.32. The van der Waals surface area contributed by atoms with Crippen molar-refractivity contribution in [2.45, 2.75) is 45.9 Å². The number of hydrogen-bond donors (Lipinski definition) is 0. The predicted octanol–water partition coefficient (Wildman–Crippen LogP) is 8.36. The maximum Gasteiger partial charge on any atom is 0.140 e. The Morgan fingerprint density at radius 1 is 0.750 bits per heavy atom. The smallest absolute Gasteiger partial charge is 0.140 e.